The number of pyridine rings is 1. The SMILES string of the molecule is N#Cc1cc(NCc2ccccn2)ccc1N. The van der Waals surface area contributed by atoms with E-state index in [0.717, 1.165) is 11.4 Å². The molecule has 3 N–H and O–H groups in total. The van der Waals surface area contributed by atoms with Gasteiger partial charge in [0, 0.05) is 17.6 Å². The van der Waals surface area contributed by atoms with E-state index in [1.807, 2.05) is 24.3 Å². The van der Waals surface area contributed by atoms with Gasteiger partial charge in [0.05, 0.1) is 17.8 Å². The van der Waals surface area contributed by atoms with E-state index in [0.29, 0.717) is 17.8 Å². The number of anilines is 2. The van der Waals surface area contributed by atoms with E-state index in [4.69, 9.17) is 11.0 Å². The van der Waals surface area contributed by atoms with Crippen molar-refractivity contribution in [3.63, 3.8) is 0 Å². The smallest absolute Gasteiger partial charge is 0.101 e. The molecule has 0 spiro atoms. The van der Waals surface area contributed by atoms with Crippen molar-refractivity contribution < 1.29 is 0 Å². The summed E-state index contributed by atoms with van der Waals surface area (Å²) >= 11 is 0. The predicted molar refractivity (Wildman–Crippen MR) is 67.1 cm³/mol. The molecular formula is C13H12N4. The average Bonchev–Trinajstić information content (AvgIpc) is 2.39. The van der Waals surface area contributed by atoms with Crippen molar-refractivity contribution in [1.29, 1.82) is 5.26 Å². The van der Waals surface area contributed by atoms with Crippen molar-refractivity contribution >= 4 is 11.4 Å². The standard InChI is InChI=1S/C13H12N4/c14-8-10-7-11(4-5-13(10)15)17-9-12-3-1-2-6-16-12/h1-7,17H,9,15H2. The fraction of sp³-hybridized carbons (Fsp3) is 0.0769. The summed E-state index contributed by atoms with van der Waals surface area (Å²) in [5, 5.41) is 12.1. The van der Waals surface area contributed by atoms with E-state index in [9.17, 15) is 0 Å². The van der Waals surface area contributed by atoms with Gasteiger partial charge in [0.2, 0.25) is 0 Å². The first kappa shape index (κ1) is 11.0. The van der Waals surface area contributed by atoms with Crippen LogP contribution in [0.2, 0.25) is 0 Å². The highest BCUT2D eigenvalue weighted by molar-refractivity contribution is 5.61. The van der Waals surface area contributed by atoms with Gasteiger partial charge in [-0.05, 0) is 30.3 Å². The van der Waals surface area contributed by atoms with Crippen molar-refractivity contribution in [2.75, 3.05) is 11.1 Å². The molecule has 0 saturated heterocycles. The van der Waals surface area contributed by atoms with Crippen LogP contribution in [0.3, 0.4) is 0 Å². The van der Waals surface area contributed by atoms with Crippen LogP contribution in [0.1, 0.15) is 11.3 Å². The molecule has 0 radical (unpaired) electrons. The topological polar surface area (TPSA) is 74.7 Å². The van der Waals surface area contributed by atoms with Crippen LogP contribution in [-0.4, -0.2) is 4.98 Å². The summed E-state index contributed by atoms with van der Waals surface area (Å²) in [6.45, 7) is 0.621. The maximum absolute atomic E-state index is 8.86. The minimum Gasteiger partial charge on any atom is -0.398 e. The molecule has 1 aromatic heterocycles. The Morgan fingerprint density at radius 2 is 2.18 bits per heavy atom. The molecule has 1 heterocycles. The minimum absolute atomic E-state index is 0.482. The normalized spacial score (nSPS) is 9.59. The molecule has 0 aliphatic carbocycles. The molecule has 4 heteroatoms. The second-order valence-corrected chi connectivity index (χ2v) is 3.59. The van der Waals surface area contributed by atoms with Crippen LogP contribution < -0.4 is 11.1 Å². The molecule has 0 unspecified atom stereocenters. The summed E-state index contributed by atoms with van der Waals surface area (Å²) in [7, 11) is 0. The Labute approximate surface area is 99.7 Å². The summed E-state index contributed by atoms with van der Waals surface area (Å²) in [4.78, 5) is 4.20. The van der Waals surface area contributed by atoms with E-state index in [1.54, 1.807) is 18.3 Å². The molecule has 17 heavy (non-hydrogen) atoms. The van der Waals surface area contributed by atoms with Gasteiger partial charge in [-0.25, -0.2) is 0 Å². The summed E-state index contributed by atoms with van der Waals surface area (Å²) in [6.07, 6.45) is 1.75. The maximum atomic E-state index is 8.86. The summed E-state index contributed by atoms with van der Waals surface area (Å²) in [5.74, 6) is 0. The number of hydrogen-bond donors (Lipinski definition) is 2. The third kappa shape index (κ3) is 2.73. The molecular weight excluding hydrogens is 212 g/mol. The molecule has 0 bridgehead atoms. The van der Waals surface area contributed by atoms with Gasteiger partial charge in [-0.15, -0.1) is 0 Å². The lowest BCUT2D eigenvalue weighted by molar-refractivity contribution is 1.05. The van der Waals surface area contributed by atoms with Gasteiger partial charge in [0.1, 0.15) is 6.07 Å². The van der Waals surface area contributed by atoms with E-state index in [1.165, 1.54) is 0 Å². The number of nitrogen functional groups attached to an aromatic ring is 1. The van der Waals surface area contributed by atoms with Crippen molar-refractivity contribution in [3.8, 4) is 6.07 Å². The number of nitrogens with one attached hydrogen (secondary N) is 1. The number of hydrogen-bond acceptors (Lipinski definition) is 4. The second-order valence-electron chi connectivity index (χ2n) is 3.59. The predicted octanol–water partition coefficient (Wildman–Crippen LogP) is 2.15. The molecule has 2 rings (SSSR count). The lowest BCUT2D eigenvalue weighted by Gasteiger charge is -2.07. The van der Waals surface area contributed by atoms with E-state index in [-0.39, 0.29) is 0 Å². The number of benzene rings is 1. The quantitative estimate of drug-likeness (QED) is 0.783. The molecule has 4 nitrogen and oxygen atoms in total. The average molecular weight is 224 g/mol. The van der Waals surface area contributed by atoms with Gasteiger partial charge in [-0.2, -0.15) is 5.26 Å². The number of rotatable bonds is 3. The molecule has 0 aliphatic rings. The lowest BCUT2D eigenvalue weighted by atomic mass is 10.2. The summed E-state index contributed by atoms with van der Waals surface area (Å²) in [5.41, 5.74) is 8.43. The molecule has 0 fully saturated rings. The zero-order chi connectivity index (χ0) is 12.1. The van der Waals surface area contributed by atoms with Crippen molar-refractivity contribution in [1.82, 2.24) is 4.98 Å². The van der Waals surface area contributed by atoms with Gasteiger partial charge in [0.25, 0.3) is 0 Å². The number of nitrogens with zero attached hydrogens (tertiary/aromatic N) is 2. The van der Waals surface area contributed by atoms with Crippen molar-refractivity contribution in [2.45, 2.75) is 6.54 Å². The summed E-state index contributed by atoms with van der Waals surface area (Å²) in [6, 6.07) is 13.1. The molecule has 0 atom stereocenters. The fourth-order valence-corrected chi connectivity index (χ4v) is 1.46. The molecule has 0 amide bonds. The Kier molecular flexibility index (Phi) is 3.22. The van der Waals surface area contributed by atoms with Crippen LogP contribution in [0.15, 0.2) is 42.6 Å². The number of nitrogens with two attached hydrogens (primary N) is 1. The molecule has 0 aliphatic heterocycles. The van der Waals surface area contributed by atoms with E-state index in [2.05, 4.69) is 16.4 Å². The summed E-state index contributed by atoms with van der Waals surface area (Å²) < 4.78 is 0. The van der Waals surface area contributed by atoms with Gasteiger partial charge >= 0.3 is 0 Å². The Morgan fingerprint density at radius 1 is 1.29 bits per heavy atom. The minimum atomic E-state index is 0.482. The second kappa shape index (κ2) is 4.99. The first-order valence-electron chi connectivity index (χ1n) is 5.23. The van der Waals surface area contributed by atoms with Crippen LogP contribution in [0, 0.1) is 11.3 Å². The fourth-order valence-electron chi connectivity index (χ4n) is 1.46. The maximum Gasteiger partial charge on any atom is 0.101 e. The highest BCUT2D eigenvalue weighted by Gasteiger charge is 2.00. The van der Waals surface area contributed by atoms with Gasteiger partial charge < -0.3 is 11.1 Å². The zero-order valence-corrected chi connectivity index (χ0v) is 9.22. The third-order valence-corrected chi connectivity index (χ3v) is 2.37. The van der Waals surface area contributed by atoms with Gasteiger partial charge in [-0.1, -0.05) is 6.07 Å². The van der Waals surface area contributed by atoms with Crippen molar-refractivity contribution in [2.24, 2.45) is 0 Å². The first-order chi connectivity index (χ1) is 8.29. The molecule has 2 aromatic rings. The highest BCUT2D eigenvalue weighted by atomic mass is 14.9. The largest absolute Gasteiger partial charge is 0.398 e. The van der Waals surface area contributed by atoms with E-state index >= 15 is 0 Å². The van der Waals surface area contributed by atoms with Crippen LogP contribution in [-0.2, 0) is 6.54 Å². The van der Waals surface area contributed by atoms with Crippen LogP contribution in [0.25, 0.3) is 0 Å². The molecule has 84 valence electrons. The highest BCUT2D eigenvalue weighted by Crippen LogP contribution is 2.17. The molecule has 0 saturated carbocycles. The lowest BCUT2D eigenvalue weighted by Crippen LogP contribution is -2.02. The zero-order valence-electron chi connectivity index (χ0n) is 9.22. The van der Waals surface area contributed by atoms with E-state index < -0.39 is 0 Å². The van der Waals surface area contributed by atoms with Gasteiger partial charge in [-0.3, -0.25) is 4.98 Å². The molecule has 1 aromatic carbocycles. The Hall–Kier alpha value is -2.54. The Morgan fingerprint density at radius 3 is 2.88 bits per heavy atom. The van der Waals surface area contributed by atoms with Crippen LogP contribution >= 0.6 is 0 Å². The first-order valence-corrected chi connectivity index (χ1v) is 5.23. The van der Waals surface area contributed by atoms with Crippen molar-refractivity contribution in [3.05, 3.63) is 53.9 Å². The monoisotopic (exact) mass is 224 g/mol. The third-order valence-electron chi connectivity index (χ3n) is 2.37. The van der Waals surface area contributed by atoms with Crippen LogP contribution in [0.4, 0.5) is 11.4 Å². The van der Waals surface area contributed by atoms with Crippen LogP contribution in [0.5, 0.6) is 0 Å². The Bertz CT molecular complexity index is 543. The Balaban J connectivity index is 2.08. The number of aromatic nitrogens is 1. The van der Waals surface area contributed by atoms with Gasteiger partial charge in [0.15, 0.2) is 0 Å². The number of nitriles is 1.